The Morgan fingerprint density at radius 1 is 1.31 bits per heavy atom. The van der Waals surface area contributed by atoms with Gasteiger partial charge in [-0.25, -0.2) is 18.2 Å². The maximum absolute atomic E-state index is 13.4. The first-order chi connectivity index (χ1) is 12.5. The largest absolute Gasteiger partial charge is 0.464 e. The number of aromatic nitrogens is 1. The second kappa shape index (κ2) is 6.44. The Morgan fingerprint density at radius 3 is 2.77 bits per heavy atom. The van der Waals surface area contributed by atoms with Crippen LogP contribution >= 0.6 is 11.3 Å². The summed E-state index contributed by atoms with van der Waals surface area (Å²) in [6.07, 6.45) is 3.94. The molecule has 26 heavy (non-hydrogen) atoms. The summed E-state index contributed by atoms with van der Waals surface area (Å²) in [5.74, 6) is -0.415. The molecule has 4 rings (SSSR count). The van der Waals surface area contributed by atoms with Gasteiger partial charge in [0.1, 0.15) is 0 Å². The lowest BCUT2D eigenvalue weighted by Gasteiger charge is -2.60. The SMILES string of the molecule is COC(=O)c1ncsc1S(=O)(=O)N1CC2CCCCC21c1ccccc1. The van der Waals surface area contributed by atoms with E-state index in [9.17, 15) is 13.2 Å². The van der Waals surface area contributed by atoms with E-state index in [4.69, 9.17) is 4.74 Å². The number of ether oxygens (including phenoxy) is 1. The van der Waals surface area contributed by atoms with Gasteiger partial charge in [0.15, 0.2) is 9.90 Å². The standard InChI is InChI=1S/C18H20N2O4S2/c1-24-16(21)15-17(25-12-19-15)26(22,23)20-11-14-9-5-6-10-18(14,20)13-7-3-2-4-8-13/h2-4,7-8,12,14H,5-6,9-11H2,1H3. The Hall–Kier alpha value is -1.77. The van der Waals surface area contributed by atoms with Gasteiger partial charge >= 0.3 is 5.97 Å². The number of benzene rings is 1. The van der Waals surface area contributed by atoms with Crippen molar-refractivity contribution < 1.29 is 17.9 Å². The molecule has 2 unspecified atom stereocenters. The second-order valence-electron chi connectivity index (χ2n) is 6.75. The van der Waals surface area contributed by atoms with Crippen LogP contribution in [0.5, 0.6) is 0 Å². The lowest BCUT2D eigenvalue weighted by molar-refractivity contribution is -0.0503. The first-order valence-electron chi connectivity index (χ1n) is 8.62. The van der Waals surface area contributed by atoms with Crippen molar-refractivity contribution in [1.82, 2.24) is 9.29 Å². The monoisotopic (exact) mass is 392 g/mol. The van der Waals surface area contributed by atoms with Crippen LogP contribution in [-0.4, -0.2) is 37.3 Å². The highest BCUT2D eigenvalue weighted by molar-refractivity contribution is 7.91. The van der Waals surface area contributed by atoms with Crippen molar-refractivity contribution in [3.63, 3.8) is 0 Å². The van der Waals surface area contributed by atoms with Crippen molar-refractivity contribution in [2.45, 2.75) is 35.4 Å². The Kier molecular flexibility index (Phi) is 4.37. The van der Waals surface area contributed by atoms with E-state index in [1.807, 2.05) is 30.3 Å². The van der Waals surface area contributed by atoms with E-state index in [0.717, 1.165) is 42.6 Å². The van der Waals surface area contributed by atoms with Gasteiger partial charge in [-0.2, -0.15) is 4.31 Å². The lowest BCUT2D eigenvalue weighted by atomic mass is 9.63. The fourth-order valence-electron chi connectivity index (χ4n) is 4.36. The molecule has 6 nitrogen and oxygen atoms in total. The van der Waals surface area contributed by atoms with E-state index < -0.39 is 21.5 Å². The summed E-state index contributed by atoms with van der Waals surface area (Å²) in [6, 6.07) is 9.85. The molecule has 0 bridgehead atoms. The average Bonchev–Trinajstić information content (AvgIpc) is 3.13. The summed E-state index contributed by atoms with van der Waals surface area (Å²) in [4.78, 5) is 15.9. The molecule has 138 valence electrons. The minimum absolute atomic E-state index is 0.0244. The van der Waals surface area contributed by atoms with Crippen LogP contribution in [0.25, 0.3) is 0 Å². The van der Waals surface area contributed by atoms with Gasteiger partial charge < -0.3 is 4.74 Å². The number of esters is 1. The molecule has 1 saturated carbocycles. The molecule has 1 aliphatic carbocycles. The molecule has 0 spiro atoms. The van der Waals surface area contributed by atoms with Crippen LogP contribution in [0, 0.1) is 5.92 Å². The summed E-state index contributed by atoms with van der Waals surface area (Å²) in [5.41, 5.74) is 1.77. The van der Waals surface area contributed by atoms with E-state index in [1.54, 1.807) is 4.31 Å². The number of fused-ring (bicyclic) bond motifs is 1. The van der Waals surface area contributed by atoms with Gasteiger partial charge in [-0.15, -0.1) is 11.3 Å². The molecule has 2 heterocycles. The Morgan fingerprint density at radius 2 is 2.08 bits per heavy atom. The molecule has 1 aromatic carbocycles. The second-order valence-corrected chi connectivity index (χ2v) is 9.66. The molecular formula is C18H20N2O4S2. The van der Waals surface area contributed by atoms with Crippen molar-refractivity contribution in [2.24, 2.45) is 5.92 Å². The highest BCUT2D eigenvalue weighted by Crippen LogP contribution is 2.56. The molecule has 0 N–H and O–H groups in total. The van der Waals surface area contributed by atoms with Crippen molar-refractivity contribution in [2.75, 3.05) is 13.7 Å². The number of hydrogen-bond acceptors (Lipinski definition) is 6. The zero-order chi connectivity index (χ0) is 18.4. The zero-order valence-corrected chi connectivity index (χ0v) is 16.1. The van der Waals surface area contributed by atoms with E-state index in [-0.39, 0.29) is 9.90 Å². The predicted octanol–water partition coefficient (Wildman–Crippen LogP) is 3.02. The van der Waals surface area contributed by atoms with Gasteiger partial charge in [-0.3, -0.25) is 0 Å². The van der Waals surface area contributed by atoms with Crippen LogP contribution < -0.4 is 0 Å². The summed E-state index contributed by atoms with van der Waals surface area (Å²) in [6.45, 7) is 0.482. The van der Waals surface area contributed by atoms with Crippen molar-refractivity contribution in [3.05, 3.63) is 47.1 Å². The number of hydrogen-bond donors (Lipinski definition) is 0. The average molecular weight is 393 g/mol. The molecule has 8 heteroatoms. The van der Waals surface area contributed by atoms with Crippen LogP contribution in [0.1, 0.15) is 41.7 Å². The number of rotatable bonds is 4. The van der Waals surface area contributed by atoms with Gasteiger partial charge in [0.05, 0.1) is 18.2 Å². The Balaban J connectivity index is 1.80. The minimum Gasteiger partial charge on any atom is -0.464 e. The van der Waals surface area contributed by atoms with E-state index >= 15 is 0 Å². The number of carbonyl (C=O) groups excluding carboxylic acids is 1. The first kappa shape index (κ1) is 17.6. The molecule has 1 aliphatic heterocycles. The third-order valence-corrected chi connectivity index (χ3v) is 8.83. The number of sulfonamides is 1. The van der Waals surface area contributed by atoms with Gasteiger partial charge in [0, 0.05) is 6.54 Å². The number of methoxy groups -OCH3 is 1. The first-order valence-corrected chi connectivity index (χ1v) is 10.9. The normalized spacial score (nSPS) is 26.0. The molecule has 2 fully saturated rings. The molecule has 1 aromatic heterocycles. The fraction of sp³-hybridized carbons (Fsp3) is 0.444. The van der Waals surface area contributed by atoms with Gasteiger partial charge in [-0.1, -0.05) is 43.2 Å². The van der Waals surface area contributed by atoms with E-state index in [1.165, 1.54) is 12.6 Å². The maximum atomic E-state index is 13.4. The van der Waals surface area contributed by atoms with E-state index in [2.05, 4.69) is 4.98 Å². The van der Waals surface area contributed by atoms with Crippen LogP contribution in [0.15, 0.2) is 40.1 Å². The fourth-order valence-corrected chi connectivity index (χ4v) is 7.48. The summed E-state index contributed by atoms with van der Waals surface area (Å²) in [7, 11) is -2.61. The van der Waals surface area contributed by atoms with Crippen LogP contribution in [0.4, 0.5) is 0 Å². The highest BCUT2D eigenvalue weighted by Gasteiger charge is 2.60. The number of nitrogens with zero attached hydrogens (tertiary/aromatic N) is 2. The molecule has 2 aromatic rings. The summed E-state index contributed by atoms with van der Waals surface area (Å²) < 4.78 is 33.1. The summed E-state index contributed by atoms with van der Waals surface area (Å²) >= 11 is 0.969. The summed E-state index contributed by atoms with van der Waals surface area (Å²) in [5, 5.41) is 0. The molecule has 0 amide bonds. The van der Waals surface area contributed by atoms with Crippen molar-refractivity contribution in [3.8, 4) is 0 Å². The smallest absolute Gasteiger partial charge is 0.358 e. The molecule has 0 radical (unpaired) electrons. The van der Waals surface area contributed by atoms with Crippen molar-refractivity contribution >= 4 is 27.3 Å². The quantitative estimate of drug-likeness (QED) is 0.748. The van der Waals surface area contributed by atoms with Crippen LogP contribution in [0.2, 0.25) is 0 Å². The molecule has 2 aliphatic rings. The number of carbonyl (C=O) groups is 1. The minimum atomic E-state index is -3.83. The lowest BCUT2D eigenvalue weighted by Crippen LogP contribution is -2.67. The molecule has 2 atom stereocenters. The van der Waals surface area contributed by atoms with E-state index in [0.29, 0.717) is 12.5 Å². The third-order valence-electron chi connectivity index (χ3n) is 5.58. The topological polar surface area (TPSA) is 76.6 Å². The Bertz CT molecular complexity index is 926. The third kappa shape index (κ3) is 2.43. The Labute approximate surface area is 156 Å². The van der Waals surface area contributed by atoms with Crippen LogP contribution in [0.3, 0.4) is 0 Å². The zero-order valence-electron chi connectivity index (χ0n) is 14.4. The molecular weight excluding hydrogens is 372 g/mol. The van der Waals surface area contributed by atoms with Gasteiger partial charge in [0.2, 0.25) is 0 Å². The van der Waals surface area contributed by atoms with Gasteiger partial charge in [-0.05, 0) is 24.3 Å². The van der Waals surface area contributed by atoms with Gasteiger partial charge in [0.25, 0.3) is 10.0 Å². The molecule has 1 saturated heterocycles. The number of thiazole rings is 1. The highest BCUT2D eigenvalue weighted by atomic mass is 32.2. The van der Waals surface area contributed by atoms with Crippen LogP contribution in [-0.2, 0) is 20.3 Å². The predicted molar refractivity (Wildman–Crippen MR) is 97.4 cm³/mol. The maximum Gasteiger partial charge on any atom is 0.358 e. The van der Waals surface area contributed by atoms with Crippen molar-refractivity contribution in [1.29, 1.82) is 0 Å².